The summed E-state index contributed by atoms with van der Waals surface area (Å²) >= 11 is 0. The summed E-state index contributed by atoms with van der Waals surface area (Å²) in [5, 5.41) is 0. The molecule has 6 nitrogen and oxygen atoms in total. The molecule has 1 saturated carbocycles. The summed E-state index contributed by atoms with van der Waals surface area (Å²) in [6.45, 7) is 6.63. The Balaban J connectivity index is 1.62. The summed E-state index contributed by atoms with van der Waals surface area (Å²) in [7, 11) is 0. The van der Waals surface area contributed by atoms with E-state index >= 15 is 0 Å². The summed E-state index contributed by atoms with van der Waals surface area (Å²) in [5.41, 5.74) is 6.57. The van der Waals surface area contributed by atoms with Crippen molar-refractivity contribution in [1.29, 1.82) is 0 Å². The zero-order valence-electron chi connectivity index (χ0n) is 16.4. The van der Waals surface area contributed by atoms with Crippen molar-refractivity contribution in [2.75, 3.05) is 32.8 Å². The highest BCUT2D eigenvalue weighted by molar-refractivity contribution is 5.97. The molecule has 1 aromatic carbocycles. The SMILES string of the molecule is CCOc1ccccc1C(=O)N1CCN(C(=O)C2CCCCC2(C)N)CC1. The summed E-state index contributed by atoms with van der Waals surface area (Å²) < 4.78 is 5.58. The second-order valence-electron chi connectivity index (χ2n) is 7.85. The average molecular weight is 373 g/mol. The number of nitrogens with zero attached hydrogens (tertiary/aromatic N) is 2. The van der Waals surface area contributed by atoms with Crippen molar-refractivity contribution >= 4 is 11.8 Å². The zero-order chi connectivity index (χ0) is 19.4. The van der Waals surface area contributed by atoms with E-state index < -0.39 is 5.54 Å². The van der Waals surface area contributed by atoms with Crippen LogP contribution in [0.25, 0.3) is 0 Å². The minimum absolute atomic E-state index is 0.0347. The van der Waals surface area contributed by atoms with Crippen molar-refractivity contribution in [2.24, 2.45) is 11.7 Å². The van der Waals surface area contributed by atoms with Crippen molar-refractivity contribution < 1.29 is 14.3 Å². The van der Waals surface area contributed by atoms with Gasteiger partial charge in [-0.1, -0.05) is 25.0 Å². The highest BCUT2D eigenvalue weighted by atomic mass is 16.5. The molecular formula is C21H31N3O3. The molecule has 2 atom stereocenters. The number of carbonyl (C=O) groups excluding carboxylic acids is 2. The first-order valence-corrected chi connectivity index (χ1v) is 10.0. The third-order valence-corrected chi connectivity index (χ3v) is 5.85. The molecule has 0 aromatic heterocycles. The van der Waals surface area contributed by atoms with Crippen LogP contribution in [0.2, 0.25) is 0 Å². The molecule has 148 valence electrons. The summed E-state index contributed by atoms with van der Waals surface area (Å²) in [6.07, 6.45) is 3.93. The van der Waals surface area contributed by atoms with Crippen LogP contribution in [0.5, 0.6) is 5.75 Å². The van der Waals surface area contributed by atoms with Crippen LogP contribution in [0.15, 0.2) is 24.3 Å². The van der Waals surface area contributed by atoms with Crippen molar-refractivity contribution in [3.8, 4) is 5.75 Å². The summed E-state index contributed by atoms with van der Waals surface area (Å²) in [6, 6.07) is 7.33. The fraction of sp³-hybridized carbons (Fsp3) is 0.619. The van der Waals surface area contributed by atoms with Crippen LogP contribution < -0.4 is 10.5 Å². The van der Waals surface area contributed by atoms with Gasteiger partial charge in [0, 0.05) is 31.7 Å². The van der Waals surface area contributed by atoms with E-state index in [1.54, 1.807) is 6.07 Å². The molecular weight excluding hydrogens is 342 g/mol. The number of ether oxygens (including phenoxy) is 1. The number of para-hydroxylation sites is 1. The smallest absolute Gasteiger partial charge is 0.257 e. The van der Waals surface area contributed by atoms with Gasteiger partial charge < -0.3 is 20.3 Å². The maximum atomic E-state index is 13.0. The molecule has 1 saturated heterocycles. The lowest BCUT2D eigenvalue weighted by atomic mass is 9.74. The maximum absolute atomic E-state index is 13.0. The van der Waals surface area contributed by atoms with E-state index in [4.69, 9.17) is 10.5 Å². The third kappa shape index (κ3) is 4.26. The molecule has 2 amide bonds. The third-order valence-electron chi connectivity index (χ3n) is 5.85. The van der Waals surface area contributed by atoms with Crippen LogP contribution in [0.1, 0.15) is 49.9 Å². The lowest BCUT2D eigenvalue weighted by Gasteiger charge is -2.42. The molecule has 2 unspecified atom stereocenters. The first-order chi connectivity index (χ1) is 12.9. The Morgan fingerprint density at radius 1 is 1.15 bits per heavy atom. The Morgan fingerprint density at radius 2 is 1.81 bits per heavy atom. The van der Waals surface area contributed by atoms with E-state index in [0.717, 1.165) is 25.7 Å². The number of hydrogen-bond donors (Lipinski definition) is 1. The van der Waals surface area contributed by atoms with Crippen LogP contribution in [0.3, 0.4) is 0 Å². The minimum atomic E-state index is -0.418. The molecule has 27 heavy (non-hydrogen) atoms. The van der Waals surface area contributed by atoms with Crippen molar-refractivity contribution in [2.45, 2.75) is 45.1 Å². The first kappa shape index (κ1) is 19.7. The van der Waals surface area contributed by atoms with Gasteiger partial charge in [0.05, 0.1) is 18.1 Å². The fourth-order valence-electron chi connectivity index (χ4n) is 4.21. The van der Waals surface area contributed by atoms with Gasteiger partial charge in [-0.05, 0) is 38.8 Å². The van der Waals surface area contributed by atoms with E-state index in [-0.39, 0.29) is 17.7 Å². The normalized spacial score (nSPS) is 26.0. The predicted molar refractivity (Wildman–Crippen MR) is 105 cm³/mol. The standard InChI is InChI=1S/C21H31N3O3/c1-3-27-18-10-5-4-8-16(18)19(25)23-12-14-24(15-13-23)20(26)17-9-6-7-11-21(17,2)22/h4-5,8,10,17H,3,6-7,9,11-15,22H2,1-2H3. The van der Waals surface area contributed by atoms with Gasteiger partial charge in [-0.2, -0.15) is 0 Å². The van der Waals surface area contributed by atoms with Gasteiger partial charge in [-0.3, -0.25) is 9.59 Å². The van der Waals surface area contributed by atoms with E-state index in [1.165, 1.54) is 0 Å². The second kappa shape index (κ2) is 8.30. The molecule has 2 aliphatic rings. The fourth-order valence-corrected chi connectivity index (χ4v) is 4.21. The number of rotatable bonds is 4. The van der Waals surface area contributed by atoms with E-state index in [1.807, 2.05) is 41.8 Å². The monoisotopic (exact) mass is 373 g/mol. The molecule has 6 heteroatoms. The van der Waals surface area contributed by atoms with Crippen LogP contribution in [0.4, 0.5) is 0 Å². The minimum Gasteiger partial charge on any atom is -0.493 e. The topological polar surface area (TPSA) is 75.9 Å². The van der Waals surface area contributed by atoms with Crippen molar-refractivity contribution in [1.82, 2.24) is 9.80 Å². The molecule has 1 heterocycles. The molecule has 2 N–H and O–H groups in total. The van der Waals surface area contributed by atoms with Gasteiger partial charge in [-0.25, -0.2) is 0 Å². The highest BCUT2D eigenvalue weighted by Gasteiger charge is 2.40. The largest absolute Gasteiger partial charge is 0.493 e. The Kier molecular flexibility index (Phi) is 6.05. The molecule has 0 bridgehead atoms. The Labute approximate surface area is 161 Å². The summed E-state index contributed by atoms with van der Waals surface area (Å²) in [5.74, 6) is 0.630. The van der Waals surface area contributed by atoms with Gasteiger partial charge in [-0.15, -0.1) is 0 Å². The lowest BCUT2D eigenvalue weighted by molar-refractivity contribution is -0.140. The van der Waals surface area contributed by atoms with E-state index in [0.29, 0.717) is 44.1 Å². The van der Waals surface area contributed by atoms with E-state index in [9.17, 15) is 9.59 Å². The van der Waals surface area contributed by atoms with Gasteiger partial charge in [0.1, 0.15) is 5.75 Å². The number of amides is 2. The lowest BCUT2D eigenvalue weighted by Crippen LogP contribution is -2.57. The number of hydrogen-bond acceptors (Lipinski definition) is 4. The zero-order valence-corrected chi connectivity index (χ0v) is 16.4. The van der Waals surface area contributed by atoms with Crippen LogP contribution in [-0.2, 0) is 4.79 Å². The first-order valence-electron chi connectivity index (χ1n) is 10.0. The molecule has 2 fully saturated rings. The molecule has 1 aromatic rings. The predicted octanol–water partition coefficient (Wildman–Crippen LogP) is 2.28. The van der Waals surface area contributed by atoms with Gasteiger partial charge in [0.15, 0.2) is 0 Å². The Hall–Kier alpha value is -2.08. The van der Waals surface area contributed by atoms with E-state index in [2.05, 4.69) is 0 Å². The van der Waals surface area contributed by atoms with Crippen molar-refractivity contribution in [3.05, 3.63) is 29.8 Å². The summed E-state index contributed by atoms with van der Waals surface area (Å²) in [4.78, 5) is 29.6. The number of nitrogens with two attached hydrogens (primary N) is 1. The Bertz CT molecular complexity index is 681. The molecule has 0 radical (unpaired) electrons. The maximum Gasteiger partial charge on any atom is 0.257 e. The van der Waals surface area contributed by atoms with Crippen LogP contribution in [-0.4, -0.2) is 59.9 Å². The molecule has 1 aliphatic heterocycles. The highest BCUT2D eigenvalue weighted by Crippen LogP contribution is 2.33. The number of carbonyl (C=O) groups is 2. The molecule has 1 aliphatic carbocycles. The van der Waals surface area contributed by atoms with Gasteiger partial charge in [0.2, 0.25) is 5.91 Å². The number of benzene rings is 1. The van der Waals surface area contributed by atoms with Gasteiger partial charge >= 0.3 is 0 Å². The number of piperazine rings is 1. The Morgan fingerprint density at radius 3 is 2.48 bits per heavy atom. The quantitative estimate of drug-likeness (QED) is 0.878. The van der Waals surface area contributed by atoms with Crippen LogP contribution >= 0.6 is 0 Å². The molecule has 0 spiro atoms. The van der Waals surface area contributed by atoms with Crippen molar-refractivity contribution in [3.63, 3.8) is 0 Å². The van der Waals surface area contributed by atoms with Crippen LogP contribution in [0, 0.1) is 5.92 Å². The van der Waals surface area contributed by atoms with Gasteiger partial charge in [0.25, 0.3) is 5.91 Å². The average Bonchev–Trinajstić information content (AvgIpc) is 2.67. The molecule has 3 rings (SSSR count). The second-order valence-corrected chi connectivity index (χ2v) is 7.85.